The molecule has 0 bridgehead atoms. The lowest BCUT2D eigenvalue weighted by Crippen LogP contribution is -2.10. The van der Waals surface area contributed by atoms with Crippen LogP contribution in [0.4, 0.5) is 13.2 Å². The second-order valence-corrected chi connectivity index (χ2v) is 6.71. The van der Waals surface area contributed by atoms with Gasteiger partial charge in [0.25, 0.3) is 0 Å². The average molecular weight is 483 g/mol. The Labute approximate surface area is 169 Å². The van der Waals surface area contributed by atoms with Crippen LogP contribution in [-0.4, -0.2) is 15.1 Å². The van der Waals surface area contributed by atoms with Gasteiger partial charge >= 0.3 is 6.18 Å². The monoisotopic (exact) mass is 481 g/mol. The fourth-order valence-corrected chi connectivity index (χ4v) is 2.99. The maximum atomic E-state index is 13.0. The minimum absolute atomic E-state index is 0.0657. The second-order valence-electron chi connectivity index (χ2n) is 5.20. The van der Waals surface area contributed by atoms with E-state index in [9.17, 15) is 13.2 Å². The molecule has 27 heavy (non-hydrogen) atoms. The normalized spacial score (nSPS) is 11.6. The number of hydrogen-bond donors (Lipinski definition) is 0. The van der Waals surface area contributed by atoms with Gasteiger partial charge in [-0.25, -0.2) is 9.97 Å². The van der Waals surface area contributed by atoms with E-state index in [1.54, 1.807) is 12.1 Å². The van der Waals surface area contributed by atoms with Crippen LogP contribution in [-0.2, 0) is 18.7 Å². The maximum Gasteiger partial charge on any atom is 0.434 e. The Balaban J connectivity index is 1.87. The Kier molecular flexibility index (Phi) is 5.92. The summed E-state index contributed by atoms with van der Waals surface area (Å²) in [7, 11) is 0. The molecule has 0 saturated heterocycles. The van der Waals surface area contributed by atoms with E-state index >= 15 is 0 Å². The van der Waals surface area contributed by atoms with E-state index in [4.69, 9.17) is 32.5 Å². The lowest BCUT2D eigenvalue weighted by molar-refractivity contribution is -0.142. The van der Waals surface area contributed by atoms with Crippen molar-refractivity contribution >= 4 is 39.1 Å². The van der Waals surface area contributed by atoms with Crippen LogP contribution in [0.1, 0.15) is 17.1 Å². The standard InChI is InChI=1S/C16H9BrCl2F3N3O2/c17-9-2-4-13(24-15(9)16(20,21)22)26-7-11-14(10(5-18)25-27-11)8-1-3-12(19)23-6-8/h1-4,6H,5,7H2. The van der Waals surface area contributed by atoms with E-state index in [1.165, 1.54) is 18.3 Å². The largest absolute Gasteiger partial charge is 0.469 e. The minimum atomic E-state index is -4.61. The first-order valence-corrected chi connectivity index (χ1v) is 9.02. The maximum absolute atomic E-state index is 13.0. The van der Waals surface area contributed by atoms with Crippen LogP contribution in [0.15, 0.2) is 39.5 Å². The van der Waals surface area contributed by atoms with Crippen LogP contribution < -0.4 is 4.74 Å². The molecule has 0 fully saturated rings. The van der Waals surface area contributed by atoms with Gasteiger partial charge in [-0.3, -0.25) is 0 Å². The van der Waals surface area contributed by atoms with E-state index in [1.807, 2.05) is 0 Å². The summed E-state index contributed by atoms with van der Waals surface area (Å²) < 4.78 is 49.3. The van der Waals surface area contributed by atoms with Crippen LogP contribution in [0.3, 0.4) is 0 Å². The van der Waals surface area contributed by atoms with Crippen LogP contribution in [0, 0.1) is 0 Å². The molecule has 3 heterocycles. The van der Waals surface area contributed by atoms with Crippen molar-refractivity contribution in [1.82, 2.24) is 15.1 Å². The lowest BCUT2D eigenvalue weighted by Gasteiger charge is -2.10. The molecule has 0 aliphatic carbocycles. The highest BCUT2D eigenvalue weighted by atomic mass is 79.9. The summed E-state index contributed by atoms with van der Waals surface area (Å²) in [6.07, 6.45) is -3.11. The zero-order chi connectivity index (χ0) is 19.6. The van der Waals surface area contributed by atoms with Crippen LogP contribution in [0.2, 0.25) is 5.15 Å². The molecule has 3 rings (SSSR count). The topological polar surface area (TPSA) is 61.0 Å². The van der Waals surface area contributed by atoms with E-state index in [2.05, 4.69) is 31.1 Å². The highest BCUT2D eigenvalue weighted by Gasteiger charge is 2.35. The summed E-state index contributed by atoms with van der Waals surface area (Å²) in [5.74, 6) is 0.124. The van der Waals surface area contributed by atoms with Crippen molar-refractivity contribution in [2.75, 3.05) is 0 Å². The fourth-order valence-electron chi connectivity index (χ4n) is 2.25. The first-order valence-electron chi connectivity index (χ1n) is 7.31. The summed E-state index contributed by atoms with van der Waals surface area (Å²) in [6.45, 7) is -0.201. The number of alkyl halides is 4. The average Bonchev–Trinajstić information content (AvgIpc) is 3.03. The molecule has 3 aromatic heterocycles. The van der Waals surface area contributed by atoms with Gasteiger partial charge in [-0.2, -0.15) is 13.2 Å². The third-order valence-electron chi connectivity index (χ3n) is 3.42. The molecule has 0 N–H and O–H groups in total. The molecule has 0 aliphatic rings. The molecular formula is C16H9BrCl2F3N3O2. The summed E-state index contributed by atoms with van der Waals surface area (Å²) in [5.41, 5.74) is 0.539. The fraction of sp³-hybridized carbons (Fsp3) is 0.188. The molecule has 0 aromatic carbocycles. The first kappa shape index (κ1) is 19.9. The third kappa shape index (κ3) is 4.53. The predicted molar refractivity (Wildman–Crippen MR) is 95.6 cm³/mol. The summed E-state index contributed by atoms with van der Waals surface area (Å²) in [5, 5.41) is 4.17. The summed E-state index contributed by atoms with van der Waals surface area (Å²) in [6, 6.07) is 5.79. The van der Waals surface area contributed by atoms with Gasteiger partial charge in [0, 0.05) is 22.3 Å². The molecule has 5 nitrogen and oxygen atoms in total. The molecule has 0 amide bonds. The number of ether oxygens (including phenoxy) is 1. The van der Waals surface area contributed by atoms with Crippen molar-refractivity contribution < 1.29 is 22.4 Å². The minimum Gasteiger partial charge on any atom is -0.469 e. The number of hydrogen-bond acceptors (Lipinski definition) is 5. The van der Waals surface area contributed by atoms with Crippen LogP contribution in [0.5, 0.6) is 5.88 Å². The van der Waals surface area contributed by atoms with Crippen molar-refractivity contribution in [3.05, 3.63) is 57.2 Å². The van der Waals surface area contributed by atoms with Crippen molar-refractivity contribution in [2.24, 2.45) is 0 Å². The molecule has 0 spiro atoms. The molecule has 0 radical (unpaired) electrons. The Hall–Kier alpha value is -1.84. The first-order chi connectivity index (χ1) is 12.8. The van der Waals surface area contributed by atoms with Gasteiger partial charge in [0.1, 0.15) is 10.8 Å². The second kappa shape index (κ2) is 8.04. The molecule has 11 heteroatoms. The molecule has 0 saturated carbocycles. The number of nitrogens with zero attached hydrogens (tertiary/aromatic N) is 3. The van der Waals surface area contributed by atoms with E-state index in [0.717, 1.165) is 0 Å². The van der Waals surface area contributed by atoms with Crippen molar-refractivity contribution in [3.63, 3.8) is 0 Å². The van der Waals surface area contributed by atoms with Crippen molar-refractivity contribution in [1.29, 1.82) is 0 Å². The van der Waals surface area contributed by atoms with Gasteiger partial charge in [-0.15, -0.1) is 11.6 Å². The number of halogens is 6. The number of pyridine rings is 2. The van der Waals surface area contributed by atoms with E-state index < -0.39 is 11.9 Å². The predicted octanol–water partition coefficient (Wildman–Crippen LogP) is 5.88. The quantitative estimate of drug-likeness (QED) is 0.335. The molecule has 142 valence electrons. The van der Waals surface area contributed by atoms with Gasteiger partial charge in [0.05, 0.1) is 11.4 Å². The zero-order valence-corrected chi connectivity index (χ0v) is 16.3. The van der Waals surface area contributed by atoms with Gasteiger partial charge < -0.3 is 9.26 Å². The Morgan fingerprint density at radius 2 is 1.96 bits per heavy atom. The molecule has 0 unspecified atom stereocenters. The van der Waals surface area contributed by atoms with E-state index in [-0.39, 0.29) is 28.6 Å². The highest BCUT2D eigenvalue weighted by Crippen LogP contribution is 2.35. The lowest BCUT2D eigenvalue weighted by atomic mass is 10.1. The highest BCUT2D eigenvalue weighted by molar-refractivity contribution is 9.10. The Morgan fingerprint density at radius 3 is 2.59 bits per heavy atom. The molecule has 0 atom stereocenters. The SMILES string of the molecule is FC(F)(F)c1nc(OCc2onc(CCl)c2-c2ccc(Cl)nc2)ccc1Br. The summed E-state index contributed by atoms with van der Waals surface area (Å²) in [4.78, 5) is 7.48. The van der Waals surface area contributed by atoms with Gasteiger partial charge in [0.2, 0.25) is 5.88 Å². The number of rotatable bonds is 5. The summed E-state index contributed by atoms with van der Waals surface area (Å²) >= 11 is 14.5. The van der Waals surface area contributed by atoms with Gasteiger partial charge in [0.15, 0.2) is 18.1 Å². The Bertz CT molecular complexity index is 949. The van der Waals surface area contributed by atoms with E-state index in [0.29, 0.717) is 22.0 Å². The Morgan fingerprint density at radius 1 is 1.19 bits per heavy atom. The zero-order valence-electron chi connectivity index (χ0n) is 13.2. The number of aromatic nitrogens is 3. The molecule has 0 aliphatic heterocycles. The van der Waals surface area contributed by atoms with Gasteiger partial charge in [-0.1, -0.05) is 16.8 Å². The third-order valence-corrected chi connectivity index (χ3v) is 4.53. The van der Waals surface area contributed by atoms with Crippen LogP contribution >= 0.6 is 39.1 Å². The van der Waals surface area contributed by atoms with Gasteiger partial charge in [-0.05, 0) is 34.1 Å². The van der Waals surface area contributed by atoms with Crippen LogP contribution in [0.25, 0.3) is 11.1 Å². The smallest absolute Gasteiger partial charge is 0.434 e. The molecular weight excluding hydrogens is 474 g/mol. The van der Waals surface area contributed by atoms with Crippen molar-refractivity contribution in [2.45, 2.75) is 18.7 Å². The molecule has 3 aromatic rings. The van der Waals surface area contributed by atoms with Crippen molar-refractivity contribution in [3.8, 4) is 17.0 Å².